The fourth-order valence-electron chi connectivity index (χ4n) is 1.67. The third kappa shape index (κ3) is 5.07. The zero-order chi connectivity index (χ0) is 16.0. The first-order chi connectivity index (χ1) is 10.4. The van der Waals surface area contributed by atoms with E-state index < -0.39 is 11.7 Å². The maximum absolute atomic E-state index is 12.4. The van der Waals surface area contributed by atoms with E-state index in [1.807, 2.05) is 18.2 Å². The van der Waals surface area contributed by atoms with E-state index in [-0.39, 0.29) is 11.7 Å². The monoisotopic (exact) mass is 326 g/mol. The Morgan fingerprint density at radius 3 is 2.45 bits per heavy atom. The molecule has 0 aliphatic heterocycles. The number of anilines is 1. The van der Waals surface area contributed by atoms with Gasteiger partial charge < -0.3 is 5.32 Å². The Bertz CT molecular complexity index is 615. The van der Waals surface area contributed by atoms with E-state index in [0.29, 0.717) is 11.4 Å². The number of benzene rings is 1. The number of nitrogens with one attached hydrogen (secondary N) is 1. The molecule has 0 aliphatic carbocycles. The van der Waals surface area contributed by atoms with Crippen molar-refractivity contribution in [2.45, 2.75) is 11.9 Å². The van der Waals surface area contributed by atoms with Crippen LogP contribution in [0.3, 0.4) is 0 Å². The molecule has 0 unspecified atom stereocenters. The molecule has 1 aromatic carbocycles. The first-order valence-electron chi connectivity index (χ1n) is 6.40. The van der Waals surface area contributed by atoms with E-state index in [9.17, 15) is 18.0 Å². The van der Waals surface area contributed by atoms with Crippen LogP contribution in [-0.4, -0.2) is 16.6 Å². The number of hydrogen-bond donors (Lipinski definition) is 1. The second-order valence-corrected chi connectivity index (χ2v) is 5.42. The Kier molecular flexibility index (Phi) is 5.43. The zero-order valence-corrected chi connectivity index (χ0v) is 12.2. The number of rotatable bonds is 5. The Morgan fingerprint density at radius 1 is 1.14 bits per heavy atom. The standard InChI is InChI=1S/C15H13F3N2OS/c16-15(17,18)11-4-6-12(7-5-11)20-14(21)10-22-9-13-3-1-2-8-19-13/h1-8H,9-10H2,(H,20,21). The molecule has 1 amide bonds. The van der Waals surface area contributed by atoms with E-state index in [1.54, 1.807) is 6.20 Å². The molecule has 0 fully saturated rings. The van der Waals surface area contributed by atoms with E-state index in [4.69, 9.17) is 0 Å². The molecule has 1 heterocycles. The minimum atomic E-state index is -4.37. The molecule has 0 radical (unpaired) electrons. The molecule has 0 aliphatic rings. The van der Waals surface area contributed by atoms with E-state index >= 15 is 0 Å². The van der Waals surface area contributed by atoms with Gasteiger partial charge in [0.2, 0.25) is 5.91 Å². The van der Waals surface area contributed by atoms with E-state index in [1.165, 1.54) is 23.9 Å². The van der Waals surface area contributed by atoms with Gasteiger partial charge in [0.15, 0.2) is 0 Å². The first kappa shape index (κ1) is 16.4. The Labute approximate surface area is 129 Å². The van der Waals surface area contributed by atoms with Gasteiger partial charge in [0.05, 0.1) is 17.0 Å². The van der Waals surface area contributed by atoms with Crippen LogP contribution in [-0.2, 0) is 16.7 Å². The van der Waals surface area contributed by atoms with Gasteiger partial charge in [-0.05, 0) is 36.4 Å². The molecule has 0 bridgehead atoms. The van der Waals surface area contributed by atoms with E-state index in [0.717, 1.165) is 17.8 Å². The van der Waals surface area contributed by atoms with Gasteiger partial charge in [0.1, 0.15) is 0 Å². The summed E-state index contributed by atoms with van der Waals surface area (Å²) in [7, 11) is 0. The molecule has 0 spiro atoms. The molecule has 0 saturated carbocycles. The number of pyridine rings is 1. The lowest BCUT2D eigenvalue weighted by atomic mass is 10.2. The van der Waals surface area contributed by atoms with Crippen LogP contribution in [0.25, 0.3) is 0 Å². The summed E-state index contributed by atoms with van der Waals surface area (Å²) in [6.07, 6.45) is -2.70. The summed E-state index contributed by atoms with van der Waals surface area (Å²) < 4.78 is 37.2. The Balaban J connectivity index is 1.79. The number of thioether (sulfide) groups is 1. The lowest BCUT2D eigenvalue weighted by Crippen LogP contribution is -2.14. The fraction of sp³-hybridized carbons (Fsp3) is 0.200. The van der Waals surface area contributed by atoms with Crippen LogP contribution < -0.4 is 5.32 Å². The van der Waals surface area contributed by atoms with Crippen LogP contribution in [0.15, 0.2) is 48.7 Å². The second kappa shape index (κ2) is 7.31. The highest BCUT2D eigenvalue weighted by molar-refractivity contribution is 7.99. The molecule has 2 rings (SSSR count). The number of halogens is 3. The van der Waals surface area contributed by atoms with E-state index in [2.05, 4.69) is 10.3 Å². The van der Waals surface area contributed by atoms with Gasteiger partial charge in [-0.3, -0.25) is 9.78 Å². The molecule has 22 heavy (non-hydrogen) atoms. The highest BCUT2D eigenvalue weighted by Gasteiger charge is 2.29. The van der Waals surface area contributed by atoms with Gasteiger partial charge in [0, 0.05) is 17.6 Å². The summed E-state index contributed by atoms with van der Waals surface area (Å²) in [4.78, 5) is 15.8. The summed E-state index contributed by atoms with van der Waals surface area (Å²) in [5, 5.41) is 2.56. The lowest BCUT2D eigenvalue weighted by molar-refractivity contribution is -0.137. The maximum Gasteiger partial charge on any atom is 0.416 e. The summed E-state index contributed by atoms with van der Waals surface area (Å²) >= 11 is 1.39. The molecular formula is C15H13F3N2OS. The van der Waals surface area contributed by atoms with Gasteiger partial charge in [-0.25, -0.2) is 0 Å². The van der Waals surface area contributed by atoms with Crippen LogP contribution in [0.2, 0.25) is 0 Å². The molecule has 7 heteroatoms. The smallest absolute Gasteiger partial charge is 0.325 e. The molecule has 0 atom stereocenters. The zero-order valence-electron chi connectivity index (χ0n) is 11.4. The number of alkyl halides is 3. The quantitative estimate of drug-likeness (QED) is 0.904. The summed E-state index contributed by atoms with van der Waals surface area (Å²) in [5.41, 5.74) is 0.473. The van der Waals surface area contributed by atoms with Crippen LogP contribution >= 0.6 is 11.8 Å². The first-order valence-corrected chi connectivity index (χ1v) is 7.55. The summed E-state index contributed by atoms with van der Waals surface area (Å²) in [6, 6.07) is 9.90. The van der Waals surface area contributed by atoms with Crippen molar-refractivity contribution in [1.29, 1.82) is 0 Å². The molecule has 1 N–H and O–H groups in total. The van der Waals surface area contributed by atoms with Crippen molar-refractivity contribution in [3.8, 4) is 0 Å². The van der Waals surface area contributed by atoms with Gasteiger partial charge >= 0.3 is 6.18 Å². The minimum absolute atomic E-state index is 0.206. The molecular weight excluding hydrogens is 313 g/mol. The van der Waals surface area contributed by atoms with Crippen molar-refractivity contribution in [3.63, 3.8) is 0 Å². The Hall–Kier alpha value is -2.02. The average Bonchev–Trinajstić information content (AvgIpc) is 2.48. The number of hydrogen-bond acceptors (Lipinski definition) is 3. The summed E-state index contributed by atoms with van der Waals surface area (Å²) in [5.74, 6) is 0.541. The largest absolute Gasteiger partial charge is 0.416 e. The Morgan fingerprint density at radius 2 is 1.86 bits per heavy atom. The number of amides is 1. The maximum atomic E-state index is 12.4. The number of carbonyl (C=O) groups excluding carboxylic acids is 1. The third-order valence-corrected chi connectivity index (χ3v) is 3.67. The van der Waals surface area contributed by atoms with Crippen molar-refractivity contribution < 1.29 is 18.0 Å². The molecule has 1 aromatic heterocycles. The average molecular weight is 326 g/mol. The van der Waals surface area contributed by atoms with Crippen LogP contribution in [0.5, 0.6) is 0 Å². The fourth-order valence-corrected chi connectivity index (χ4v) is 2.41. The lowest BCUT2D eigenvalue weighted by Gasteiger charge is -2.08. The van der Waals surface area contributed by atoms with Crippen LogP contribution in [0, 0.1) is 0 Å². The van der Waals surface area contributed by atoms with Crippen LogP contribution in [0.1, 0.15) is 11.3 Å². The molecule has 2 aromatic rings. The number of aromatic nitrogens is 1. The number of carbonyl (C=O) groups is 1. The predicted molar refractivity (Wildman–Crippen MR) is 80.5 cm³/mol. The highest BCUT2D eigenvalue weighted by atomic mass is 32.2. The number of nitrogens with zero attached hydrogens (tertiary/aromatic N) is 1. The normalized spacial score (nSPS) is 11.2. The molecule has 3 nitrogen and oxygen atoms in total. The van der Waals surface area contributed by atoms with Crippen molar-refractivity contribution in [2.24, 2.45) is 0 Å². The highest BCUT2D eigenvalue weighted by Crippen LogP contribution is 2.29. The van der Waals surface area contributed by atoms with Crippen molar-refractivity contribution in [2.75, 3.05) is 11.1 Å². The van der Waals surface area contributed by atoms with Crippen molar-refractivity contribution >= 4 is 23.4 Å². The van der Waals surface area contributed by atoms with Gasteiger partial charge in [0.25, 0.3) is 0 Å². The topological polar surface area (TPSA) is 42.0 Å². The SMILES string of the molecule is O=C(CSCc1ccccn1)Nc1ccc(C(F)(F)F)cc1. The second-order valence-electron chi connectivity index (χ2n) is 4.44. The van der Waals surface area contributed by atoms with Gasteiger partial charge in [-0.2, -0.15) is 13.2 Å². The predicted octanol–water partition coefficient (Wildman–Crippen LogP) is 3.97. The van der Waals surface area contributed by atoms with Crippen LogP contribution in [0.4, 0.5) is 18.9 Å². The van der Waals surface area contributed by atoms with Gasteiger partial charge in [-0.1, -0.05) is 6.07 Å². The summed E-state index contributed by atoms with van der Waals surface area (Å²) in [6.45, 7) is 0. The van der Waals surface area contributed by atoms with Gasteiger partial charge in [-0.15, -0.1) is 11.8 Å². The van der Waals surface area contributed by atoms with Crippen molar-refractivity contribution in [3.05, 3.63) is 59.9 Å². The molecule has 0 saturated heterocycles. The van der Waals surface area contributed by atoms with Crippen molar-refractivity contribution in [1.82, 2.24) is 4.98 Å². The minimum Gasteiger partial charge on any atom is -0.325 e. The third-order valence-electron chi connectivity index (χ3n) is 2.71. The molecule has 116 valence electrons.